The van der Waals surface area contributed by atoms with Gasteiger partial charge in [-0.1, -0.05) is 93.4 Å². The van der Waals surface area contributed by atoms with Crippen LogP contribution < -0.4 is 0 Å². The number of carboxylic acid groups (broad SMARTS) is 1. The molecule has 0 saturated heterocycles. The highest BCUT2D eigenvalue weighted by atomic mass is 35.5. The molecule has 3 aromatic rings. The Labute approximate surface area is 250 Å². The summed E-state index contributed by atoms with van der Waals surface area (Å²) in [7, 11) is 3.80. The van der Waals surface area contributed by atoms with Crippen LogP contribution in [0.2, 0.25) is 5.02 Å². The van der Waals surface area contributed by atoms with E-state index in [0.29, 0.717) is 34.9 Å². The Hall–Kier alpha value is -2.26. The monoisotopic (exact) mass is 611 g/mol. The molecule has 0 bridgehead atoms. The standard InChI is InChI=1S/C22H21ClF3NOS.C10H20O2/c1-27(2)12-11-20(15-7-9-18(10-8-15)22(24,25)26)29(28)21-14-17-6-4-3-5-16(17)13-19(21)23;1-2-3-4-5-6-7-8-9-10(11)12/h3-10,13-14,20H,11-12H2,1-2H3;2-9H2,1H3,(H,11,12). The van der Waals surface area contributed by atoms with Crippen LogP contribution in [0.5, 0.6) is 0 Å². The van der Waals surface area contributed by atoms with Crippen LogP contribution in [0.4, 0.5) is 13.2 Å². The topological polar surface area (TPSA) is 63.6 Å². The van der Waals surface area contributed by atoms with Crippen molar-refractivity contribution in [3.8, 4) is 0 Å². The maximum absolute atomic E-state index is 13.5. The van der Waals surface area contributed by atoms with Gasteiger partial charge in [-0.15, -0.1) is 0 Å². The van der Waals surface area contributed by atoms with Gasteiger partial charge in [-0.2, -0.15) is 13.2 Å². The SMILES string of the molecule is CCCCCCCCCC(=O)O.CN(C)CCC(c1ccc(C(F)(F)F)cc1)[S+]([O-])c1cc2ccccc2cc1Cl. The molecule has 0 fully saturated rings. The quantitative estimate of drug-likeness (QED) is 0.146. The maximum Gasteiger partial charge on any atom is 0.416 e. The fourth-order valence-corrected chi connectivity index (χ4v) is 6.32. The van der Waals surface area contributed by atoms with Crippen molar-refractivity contribution in [1.29, 1.82) is 0 Å². The highest BCUT2D eigenvalue weighted by Crippen LogP contribution is 2.38. The summed E-state index contributed by atoms with van der Waals surface area (Å²) in [5.74, 6) is -0.663. The summed E-state index contributed by atoms with van der Waals surface area (Å²) in [5.41, 5.74) is -0.121. The van der Waals surface area contributed by atoms with E-state index in [1.807, 2.05) is 43.3 Å². The lowest BCUT2D eigenvalue weighted by molar-refractivity contribution is -0.138. The second-order valence-electron chi connectivity index (χ2n) is 10.4. The minimum atomic E-state index is -4.40. The Morgan fingerprint density at radius 3 is 2.05 bits per heavy atom. The lowest BCUT2D eigenvalue weighted by Crippen LogP contribution is -2.21. The summed E-state index contributed by atoms with van der Waals surface area (Å²) >= 11 is 4.90. The molecule has 226 valence electrons. The van der Waals surface area contributed by atoms with Gasteiger partial charge in [-0.25, -0.2) is 0 Å². The normalized spacial score (nSPS) is 13.1. The number of hydrogen-bond acceptors (Lipinski definition) is 3. The van der Waals surface area contributed by atoms with Crippen LogP contribution in [0, 0.1) is 0 Å². The summed E-state index contributed by atoms with van der Waals surface area (Å²) in [6, 6.07) is 16.1. The molecule has 0 aromatic heterocycles. The number of fused-ring (bicyclic) bond motifs is 1. The second kappa shape index (κ2) is 17.6. The first-order valence-electron chi connectivity index (χ1n) is 14.1. The highest BCUT2D eigenvalue weighted by Gasteiger charge is 2.33. The minimum Gasteiger partial charge on any atom is -0.611 e. The van der Waals surface area contributed by atoms with E-state index in [-0.39, 0.29) is 0 Å². The molecule has 4 nitrogen and oxygen atoms in total. The number of hydrogen-bond donors (Lipinski definition) is 1. The zero-order valence-corrected chi connectivity index (χ0v) is 25.6. The number of carbonyl (C=O) groups is 1. The first-order valence-corrected chi connectivity index (χ1v) is 15.7. The average Bonchev–Trinajstić information content (AvgIpc) is 2.92. The van der Waals surface area contributed by atoms with Crippen molar-refractivity contribution in [2.24, 2.45) is 0 Å². The third-order valence-corrected chi connectivity index (χ3v) is 8.94. The number of benzene rings is 3. The number of alkyl halides is 3. The first kappa shape index (κ1) is 34.9. The van der Waals surface area contributed by atoms with Crippen molar-refractivity contribution in [3.05, 3.63) is 76.8 Å². The van der Waals surface area contributed by atoms with Crippen LogP contribution in [0.15, 0.2) is 65.6 Å². The summed E-state index contributed by atoms with van der Waals surface area (Å²) in [4.78, 5) is 12.6. The number of aliphatic carboxylic acids is 1. The molecule has 0 amide bonds. The molecule has 3 aromatic carbocycles. The number of nitrogens with zero attached hydrogens (tertiary/aromatic N) is 1. The Kier molecular flexibility index (Phi) is 15.0. The van der Waals surface area contributed by atoms with Crippen molar-refractivity contribution in [2.75, 3.05) is 20.6 Å². The van der Waals surface area contributed by atoms with Crippen LogP contribution in [0.25, 0.3) is 10.8 Å². The third-order valence-electron chi connectivity index (χ3n) is 6.72. The summed E-state index contributed by atoms with van der Waals surface area (Å²) < 4.78 is 52.2. The molecule has 0 spiro atoms. The fraction of sp³-hybridized carbons (Fsp3) is 0.469. The van der Waals surface area contributed by atoms with E-state index >= 15 is 0 Å². The minimum absolute atomic E-state index is 0.341. The van der Waals surface area contributed by atoms with Gasteiger partial charge in [0.05, 0.1) is 10.6 Å². The fourth-order valence-electron chi connectivity index (χ4n) is 4.39. The zero-order chi connectivity index (χ0) is 30.4. The molecule has 9 heteroatoms. The summed E-state index contributed by atoms with van der Waals surface area (Å²) in [6.45, 7) is 2.84. The van der Waals surface area contributed by atoms with Gasteiger partial charge in [0, 0.05) is 31.0 Å². The molecule has 0 radical (unpaired) electrons. The second-order valence-corrected chi connectivity index (χ2v) is 12.4. The highest BCUT2D eigenvalue weighted by molar-refractivity contribution is 7.91. The molecule has 2 unspecified atom stereocenters. The first-order chi connectivity index (χ1) is 19.4. The van der Waals surface area contributed by atoms with Crippen LogP contribution >= 0.6 is 11.6 Å². The van der Waals surface area contributed by atoms with E-state index in [0.717, 1.165) is 35.7 Å². The lowest BCUT2D eigenvalue weighted by atomic mass is 10.1. The van der Waals surface area contributed by atoms with Gasteiger partial charge < -0.3 is 14.6 Å². The van der Waals surface area contributed by atoms with Crippen molar-refractivity contribution in [1.82, 2.24) is 4.90 Å². The van der Waals surface area contributed by atoms with Crippen LogP contribution in [-0.2, 0) is 22.1 Å². The lowest BCUT2D eigenvalue weighted by Gasteiger charge is -2.24. The molecule has 3 rings (SSSR count). The van der Waals surface area contributed by atoms with Crippen molar-refractivity contribution >= 4 is 39.5 Å². The molecule has 41 heavy (non-hydrogen) atoms. The van der Waals surface area contributed by atoms with Gasteiger partial charge in [-0.05, 0) is 60.7 Å². The molecule has 2 atom stereocenters. The van der Waals surface area contributed by atoms with E-state index in [1.165, 1.54) is 44.2 Å². The van der Waals surface area contributed by atoms with Crippen LogP contribution in [0.3, 0.4) is 0 Å². The molecule has 0 saturated carbocycles. The Bertz CT molecular complexity index is 1210. The number of rotatable bonds is 14. The van der Waals surface area contributed by atoms with Gasteiger partial charge in [0.25, 0.3) is 0 Å². The third kappa shape index (κ3) is 12.2. The van der Waals surface area contributed by atoms with E-state index in [9.17, 15) is 22.5 Å². The largest absolute Gasteiger partial charge is 0.611 e. The Morgan fingerprint density at radius 2 is 1.51 bits per heavy atom. The summed E-state index contributed by atoms with van der Waals surface area (Å²) in [5, 5.41) is 10.1. The molecular formula is C32H41ClF3NO3S. The van der Waals surface area contributed by atoms with Gasteiger partial charge in [-0.3, -0.25) is 4.79 Å². The predicted octanol–water partition coefficient (Wildman–Crippen LogP) is 9.52. The van der Waals surface area contributed by atoms with Crippen molar-refractivity contribution in [2.45, 2.75) is 81.0 Å². The molecule has 0 aliphatic rings. The Morgan fingerprint density at radius 1 is 0.951 bits per heavy atom. The van der Waals surface area contributed by atoms with Gasteiger partial charge >= 0.3 is 12.1 Å². The van der Waals surface area contributed by atoms with E-state index < -0.39 is 34.1 Å². The van der Waals surface area contributed by atoms with E-state index in [1.54, 1.807) is 12.1 Å². The van der Waals surface area contributed by atoms with E-state index in [4.69, 9.17) is 16.7 Å². The molecule has 1 N–H and O–H groups in total. The zero-order valence-electron chi connectivity index (χ0n) is 24.1. The predicted molar refractivity (Wildman–Crippen MR) is 163 cm³/mol. The number of unbranched alkanes of at least 4 members (excludes halogenated alkanes) is 6. The van der Waals surface area contributed by atoms with Gasteiger partial charge in [0.2, 0.25) is 0 Å². The number of halogens is 4. The van der Waals surface area contributed by atoms with Gasteiger partial charge in [0.15, 0.2) is 4.90 Å². The Balaban J connectivity index is 0.000000415. The molecule has 0 aliphatic heterocycles. The van der Waals surface area contributed by atoms with E-state index in [2.05, 4.69) is 6.92 Å². The molecule has 0 aliphatic carbocycles. The van der Waals surface area contributed by atoms with Crippen molar-refractivity contribution < 1.29 is 27.6 Å². The van der Waals surface area contributed by atoms with Gasteiger partial charge in [0.1, 0.15) is 5.25 Å². The van der Waals surface area contributed by atoms with Crippen LogP contribution in [-0.4, -0.2) is 41.2 Å². The summed E-state index contributed by atoms with van der Waals surface area (Å²) in [6.07, 6.45) is 4.76. The molecule has 0 heterocycles. The smallest absolute Gasteiger partial charge is 0.416 e. The van der Waals surface area contributed by atoms with Crippen LogP contribution in [0.1, 0.15) is 81.1 Å². The number of carboxylic acids is 1. The average molecular weight is 612 g/mol. The maximum atomic E-state index is 13.5. The molecular weight excluding hydrogens is 571 g/mol. The van der Waals surface area contributed by atoms with Crippen molar-refractivity contribution in [3.63, 3.8) is 0 Å².